The second-order valence-corrected chi connectivity index (χ2v) is 3.87. The van der Waals surface area contributed by atoms with Gasteiger partial charge in [-0.15, -0.1) is 0 Å². The first-order valence-corrected chi connectivity index (χ1v) is 5.81. The molecule has 1 heterocycles. The van der Waals surface area contributed by atoms with Crippen molar-refractivity contribution in [3.05, 3.63) is 53.9 Å². The first-order valence-electron chi connectivity index (χ1n) is 5.81. The fraction of sp³-hybridized carbons (Fsp3) is 0.0714. The Hall–Kier alpha value is -2.93. The topological polar surface area (TPSA) is 115 Å². The number of phenols is 1. The molecule has 2 aromatic rings. The zero-order chi connectivity index (χ0) is 14.4. The van der Waals surface area contributed by atoms with Gasteiger partial charge in [-0.05, 0) is 35.9 Å². The molecule has 0 atom stereocenters. The van der Waals surface area contributed by atoms with E-state index in [1.165, 1.54) is 25.6 Å². The number of hydrogen-bond donors (Lipinski definition) is 2. The van der Waals surface area contributed by atoms with Crippen molar-refractivity contribution in [2.75, 3.05) is 7.11 Å². The standard InChI is InChI=1S/C14H13N3O3.H2O/c1-20-13-7-10(4-5-12(13)18)8-16-17-14(19)11-3-2-6-15-9-11;/h2-9,18H,1H3,(H,17,19);1H2/b16-8+;. The molecule has 110 valence electrons. The summed E-state index contributed by atoms with van der Waals surface area (Å²) in [4.78, 5) is 15.5. The van der Waals surface area contributed by atoms with Crippen LogP contribution in [0.5, 0.6) is 11.5 Å². The predicted molar refractivity (Wildman–Crippen MR) is 77.6 cm³/mol. The molecule has 0 aliphatic carbocycles. The molecule has 4 N–H and O–H groups in total. The smallest absolute Gasteiger partial charge is 0.272 e. The molecule has 1 aromatic heterocycles. The normalized spacial score (nSPS) is 9.95. The van der Waals surface area contributed by atoms with Crippen LogP contribution in [-0.4, -0.2) is 34.8 Å². The second kappa shape index (κ2) is 7.61. The van der Waals surface area contributed by atoms with E-state index in [2.05, 4.69) is 15.5 Å². The molecule has 7 nitrogen and oxygen atoms in total. The lowest BCUT2D eigenvalue weighted by Gasteiger charge is -2.03. The summed E-state index contributed by atoms with van der Waals surface area (Å²) in [6.45, 7) is 0. The van der Waals surface area contributed by atoms with Crippen LogP contribution >= 0.6 is 0 Å². The van der Waals surface area contributed by atoms with Crippen LogP contribution in [0.2, 0.25) is 0 Å². The van der Waals surface area contributed by atoms with Gasteiger partial charge in [0.15, 0.2) is 11.5 Å². The fourth-order valence-corrected chi connectivity index (χ4v) is 1.50. The molecule has 0 spiro atoms. The number of hydrogen-bond acceptors (Lipinski definition) is 5. The molecule has 2 rings (SSSR count). The van der Waals surface area contributed by atoms with Crippen molar-refractivity contribution in [2.24, 2.45) is 5.10 Å². The minimum atomic E-state index is -0.347. The van der Waals surface area contributed by atoms with Gasteiger partial charge < -0.3 is 15.3 Å². The Morgan fingerprint density at radius 2 is 2.24 bits per heavy atom. The Kier molecular flexibility index (Phi) is 5.84. The zero-order valence-corrected chi connectivity index (χ0v) is 11.3. The minimum absolute atomic E-state index is 0. The summed E-state index contributed by atoms with van der Waals surface area (Å²) in [5, 5.41) is 13.3. The van der Waals surface area contributed by atoms with Crippen molar-refractivity contribution < 1.29 is 20.1 Å². The Bertz CT molecular complexity index is 629. The minimum Gasteiger partial charge on any atom is -0.504 e. The highest BCUT2D eigenvalue weighted by Crippen LogP contribution is 2.25. The van der Waals surface area contributed by atoms with E-state index < -0.39 is 0 Å². The van der Waals surface area contributed by atoms with Gasteiger partial charge in [-0.1, -0.05) is 0 Å². The molecule has 0 saturated heterocycles. The number of hydrazone groups is 1. The summed E-state index contributed by atoms with van der Waals surface area (Å²) >= 11 is 0. The van der Waals surface area contributed by atoms with Crippen LogP contribution in [0.1, 0.15) is 15.9 Å². The van der Waals surface area contributed by atoms with Gasteiger partial charge in [0.2, 0.25) is 0 Å². The maximum Gasteiger partial charge on any atom is 0.272 e. The first-order chi connectivity index (χ1) is 9.70. The highest BCUT2D eigenvalue weighted by atomic mass is 16.5. The summed E-state index contributed by atoms with van der Waals surface area (Å²) in [6.07, 6.45) is 4.49. The number of benzene rings is 1. The summed E-state index contributed by atoms with van der Waals surface area (Å²) in [5.74, 6) is 0.0386. The second-order valence-electron chi connectivity index (χ2n) is 3.87. The van der Waals surface area contributed by atoms with Crippen LogP contribution in [-0.2, 0) is 0 Å². The molecule has 0 aliphatic heterocycles. The lowest BCUT2D eigenvalue weighted by Crippen LogP contribution is -2.17. The number of nitrogens with zero attached hydrogens (tertiary/aromatic N) is 2. The van der Waals surface area contributed by atoms with Crippen molar-refractivity contribution in [3.8, 4) is 11.5 Å². The van der Waals surface area contributed by atoms with Crippen LogP contribution in [0.3, 0.4) is 0 Å². The van der Waals surface area contributed by atoms with Crippen molar-refractivity contribution in [1.29, 1.82) is 0 Å². The predicted octanol–water partition coefficient (Wildman–Crippen LogP) is 0.735. The highest BCUT2D eigenvalue weighted by Gasteiger charge is 2.03. The molecule has 0 bridgehead atoms. The number of carbonyl (C=O) groups is 1. The van der Waals surface area contributed by atoms with Crippen LogP contribution < -0.4 is 10.2 Å². The van der Waals surface area contributed by atoms with E-state index in [0.717, 1.165) is 0 Å². The number of aromatic nitrogens is 1. The molecule has 21 heavy (non-hydrogen) atoms. The van der Waals surface area contributed by atoms with E-state index >= 15 is 0 Å². The van der Waals surface area contributed by atoms with Gasteiger partial charge in [-0.3, -0.25) is 9.78 Å². The lowest BCUT2D eigenvalue weighted by molar-refractivity contribution is 0.0955. The average molecular weight is 289 g/mol. The third-order valence-corrected chi connectivity index (χ3v) is 2.51. The number of ether oxygens (including phenoxy) is 1. The Morgan fingerprint density at radius 1 is 1.43 bits per heavy atom. The van der Waals surface area contributed by atoms with E-state index in [4.69, 9.17) is 4.74 Å². The molecule has 1 amide bonds. The number of amides is 1. The largest absolute Gasteiger partial charge is 0.504 e. The van der Waals surface area contributed by atoms with Gasteiger partial charge in [0.1, 0.15) is 0 Å². The van der Waals surface area contributed by atoms with Crippen LogP contribution in [0.25, 0.3) is 0 Å². The van der Waals surface area contributed by atoms with Crippen LogP contribution in [0.15, 0.2) is 47.8 Å². The lowest BCUT2D eigenvalue weighted by atomic mass is 10.2. The number of phenolic OH excluding ortho intramolecular Hbond substituents is 1. The van der Waals surface area contributed by atoms with Gasteiger partial charge in [0.05, 0.1) is 18.9 Å². The molecule has 1 aromatic carbocycles. The molecule has 0 aliphatic rings. The number of pyridine rings is 1. The fourth-order valence-electron chi connectivity index (χ4n) is 1.50. The molecular weight excluding hydrogens is 274 g/mol. The maximum absolute atomic E-state index is 11.7. The molecule has 0 radical (unpaired) electrons. The van der Waals surface area contributed by atoms with Crippen molar-refractivity contribution in [3.63, 3.8) is 0 Å². The first kappa shape index (κ1) is 16.1. The summed E-state index contributed by atoms with van der Waals surface area (Å²) in [6, 6.07) is 8.06. The number of aromatic hydroxyl groups is 1. The summed E-state index contributed by atoms with van der Waals surface area (Å²) < 4.78 is 4.98. The van der Waals surface area contributed by atoms with Gasteiger partial charge in [0.25, 0.3) is 5.91 Å². The van der Waals surface area contributed by atoms with Gasteiger partial charge in [0, 0.05) is 12.4 Å². The highest BCUT2D eigenvalue weighted by molar-refractivity contribution is 5.94. The van der Waals surface area contributed by atoms with Crippen LogP contribution in [0, 0.1) is 0 Å². The molecule has 0 unspecified atom stereocenters. The van der Waals surface area contributed by atoms with E-state index in [-0.39, 0.29) is 17.1 Å². The van der Waals surface area contributed by atoms with Crippen molar-refractivity contribution in [1.82, 2.24) is 10.4 Å². The number of nitrogens with one attached hydrogen (secondary N) is 1. The Balaban J connectivity index is 0.00000220. The van der Waals surface area contributed by atoms with E-state index in [9.17, 15) is 9.90 Å². The molecular formula is C14H15N3O4. The summed E-state index contributed by atoms with van der Waals surface area (Å²) in [5.41, 5.74) is 3.50. The monoisotopic (exact) mass is 289 g/mol. The number of methoxy groups -OCH3 is 1. The number of carbonyl (C=O) groups excluding carboxylic acids is 1. The maximum atomic E-state index is 11.7. The molecule has 7 heteroatoms. The molecule has 0 saturated carbocycles. The molecule has 0 fully saturated rings. The quantitative estimate of drug-likeness (QED) is 0.637. The average Bonchev–Trinajstić information content (AvgIpc) is 2.49. The van der Waals surface area contributed by atoms with E-state index in [1.54, 1.807) is 30.5 Å². The van der Waals surface area contributed by atoms with Gasteiger partial charge >= 0.3 is 0 Å². The summed E-state index contributed by atoms with van der Waals surface area (Å²) in [7, 11) is 1.46. The van der Waals surface area contributed by atoms with E-state index in [1.807, 2.05) is 0 Å². The Labute approximate surface area is 121 Å². The third-order valence-electron chi connectivity index (χ3n) is 2.51. The number of rotatable bonds is 4. The van der Waals surface area contributed by atoms with Crippen LogP contribution in [0.4, 0.5) is 0 Å². The van der Waals surface area contributed by atoms with Crippen molar-refractivity contribution in [2.45, 2.75) is 0 Å². The van der Waals surface area contributed by atoms with Crippen molar-refractivity contribution >= 4 is 12.1 Å². The van der Waals surface area contributed by atoms with E-state index in [0.29, 0.717) is 16.9 Å². The van der Waals surface area contributed by atoms with Gasteiger partial charge in [-0.2, -0.15) is 5.10 Å². The zero-order valence-electron chi connectivity index (χ0n) is 11.3. The van der Waals surface area contributed by atoms with Gasteiger partial charge in [-0.25, -0.2) is 5.43 Å². The third kappa shape index (κ3) is 4.29. The SMILES string of the molecule is COc1cc(/C=N/NC(=O)c2cccnc2)ccc1O.O. The Morgan fingerprint density at radius 3 is 2.90 bits per heavy atom.